The predicted octanol–water partition coefficient (Wildman–Crippen LogP) is 5.51. The number of halogens is 1. The summed E-state index contributed by atoms with van der Waals surface area (Å²) in [4.78, 5) is 22.0. The Labute approximate surface area is 199 Å². The Morgan fingerprint density at radius 2 is 1.91 bits per heavy atom. The van der Waals surface area contributed by atoms with Gasteiger partial charge in [-0.15, -0.1) is 0 Å². The first kappa shape index (κ1) is 22.9. The summed E-state index contributed by atoms with van der Waals surface area (Å²) in [6.45, 7) is 3.61. The van der Waals surface area contributed by atoms with Crippen LogP contribution in [0.25, 0.3) is 10.4 Å². The van der Waals surface area contributed by atoms with E-state index >= 15 is 0 Å². The van der Waals surface area contributed by atoms with Gasteiger partial charge in [0.1, 0.15) is 5.82 Å². The van der Waals surface area contributed by atoms with Crippen LogP contribution < -0.4 is 10.0 Å². The van der Waals surface area contributed by atoms with Gasteiger partial charge in [-0.05, 0) is 71.9 Å². The molecule has 0 radical (unpaired) electrons. The number of nitrogens with zero attached hydrogens (tertiary/aromatic N) is 2. The number of hydrogen-bond donors (Lipinski definition) is 2. The maximum Gasteiger partial charge on any atom is 0.263 e. The highest BCUT2D eigenvalue weighted by Crippen LogP contribution is 2.35. The minimum absolute atomic E-state index is 0.0150. The highest BCUT2D eigenvalue weighted by molar-refractivity contribution is 9.10. The fourth-order valence-corrected chi connectivity index (χ4v) is 6.25. The van der Waals surface area contributed by atoms with E-state index in [0.29, 0.717) is 10.7 Å². The Morgan fingerprint density at radius 1 is 1.16 bits per heavy atom. The summed E-state index contributed by atoms with van der Waals surface area (Å²) in [5, 5.41) is 3.47. The van der Waals surface area contributed by atoms with Crippen molar-refractivity contribution in [3.63, 3.8) is 0 Å². The molecule has 1 aromatic carbocycles. The molecule has 2 N–H and O–H groups in total. The first-order valence-corrected chi connectivity index (χ1v) is 13.4. The van der Waals surface area contributed by atoms with Gasteiger partial charge in [-0.1, -0.05) is 36.3 Å². The molecule has 0 spiro atoms. The summed E-state index contributed by atoms with van der Waals surface area (Å²) in [7, 11) is -3.84. The third kappa shape index (κ3) is 5.02. The van der Waals surface area contributed by atoms with E-state index < -0.39 is 10.0 Å². The Kier molecular flexibility index (Phi) is 6.64. The number of pyridine rings is 1. The van der Waals surface area contributed by atoms with Crippen molar-refractivity contribution in [3.8, 4) is 10.4 Å². The van der Waals surface area contributed by atoms with Crippen LogP contribution in [0.5, 0.6) is 0 Å². The second-order valence-corrected chi connectivity index (χ2v) is 11.4. The van der Waals surface area contributed by atoms with E-state index in [1.165, 1.54) is 17.5 Å². The van der Waals surface area contributed by atoms with Crippen LogP contribution in [-0.2, 0) is 14.8 Å². The first-order chi connectivity index (χ1) is 15.2. The lowest BCUT2D eigenvalue weighted by Crippen LogP contribution is -2.20. The quantitative estimate of drug-likeness (QED) is 0.433. The highest BCUT2D eigenvalue weighted by Gasteiger charge is 2.24. The number of aromatic nitrogens is 2. The third-order valence-corrected chi connectivity index (χ3v) is 8.55. The van der Waals surface area contributed by atoms with Crippen LogP contribution >= 0.6 is 27.3 Å². The molecule has 1 aliphatic rings. The Bertz CT molecular complexity index is 1250. The number of carbonyl (C=O) groups excluding carboxylic acids is 1. The summed E-state index contributed by atoms with van der Waals surface area (Å²) < 4.78 is 29.4. The lowest BCUT2D eigenvalue weighted by atomic mass is 10.1. The van der Waals surface area contributed by atoms with Crippen molar-refractivity contribution >= 4 is 54.1 Å². The van der Waals surface area contributed by atoms with E-state index in [0.717, 1.165) is 46.3 Å². The summed E-state index contributed by atoms with van der Waals surface area (Å²) in [5.74, 6) is 0.308. The standard InChI is InChI=1S/C22H23BrN4O3S2/c1-13-7-8-16(11-18(13)32(29,30)27-19-10-9-17(23)12-24-19)20-14(2)25-22(31-20)26-21(28)15-5-3-4-6-15/h7-12,15H,3-6H2,1-2H3,(H,24,27)(H,25,26,28). The maximum absolute atomic E-state index is 13.0. The van der Waals surface area contributed by atoms with Gasteiger partial charge in [-0.3, -0.25) is 9.52 Å². The number of amides is 1. The summed E-state index contributed by atoms with van der Waals surface area (Å²) in [6, 6.07) is 8.59. The molecule has 0 atom stereocenters. The molecule has 1 fully saturated rings. The first-order valence-electron chi connectivity index (χ1n) is 10.3. The van der Waals surface area contributed by atoms with E-state index in [-0.39, 0.29) is 22.5 Å². The van der Waals surface area contributed by atoms with Crippen molar-refractivity contribution < 1.29 is 13.2 Å². The number of rotatable bonds is 6. The van der Waals surface area contributed by atoms with Gasteiger partial charge < -0.3 is 5.32 Å². The van der Waals surface area contributed by atoms with Crippen molar-refractivity contribution in [3.05, 3.63) is 52.3 Å². The normalized spacial score (nSPS) is 14.5. The highest BCUT2D eigenvalue weighted by atomic mass is 79.9. The average Bonchev–Trinajstić information content (AvgIpc) is 3.40. The van der Waals surface area contributed by atoms with Gasteiger partial charge in [0.25, 0.3) is 10.0 Å². The Hall–Kier alpha value is -2.30. The molecular weight excluding hydrogens is 512 g/mol. The molecule has 1 amide bonds. The second-order valence-electron chi connectivity index (χ2n) is 7.85. The van der Waals surface area contributed by atoms with E-state index in [2.05, 4.69) is 35.9 Å². The molecule has 0 bridgehead atoms. The number of aryl methyl sites for hydroxylation is 2. The second kappa shape index (κ2) is 9.29. The van der Waals surface area contributed by atoms with Crippen molar-refractivity contribution in [1.29, 1.82) is 0 Å². The lowest BCUT2D eigenvalue weighted by molar-refractivity contribution is -0.119. The molecule has 32 heavy (non-hydrogen) atoms. The minimum Gasteiger partial charge on any atom is -0.302 e. The fraction of sp³-hybridized carbons (Fsp3) is 0.318. The van der Waals surface area contributed by atoms with Crippen molar-refractivity contribution in [2.75, 3.05) is 10.0 Å². The smallest absolute Gasteiger partial charge is 0.263 e. The maximum atomic E-state index is 13.0. The Morgan fingerprint density at radius 3 is 2.59 bits per heavy atom. The molecule has 4 rings (SSSR count). The number of sulfonamides is 1. The van der Waals surface area contributed by atoms with Crippen LogP contribution in [0.4, 0.5) is 10.9 Å². The van der Waals surface area contributed by atoms with E-state index in [4.69, 9.17) is 0 Å². The molecule has 3 aromatic rings. The van der Waals surface area contributed by atoms with E-state index in [1.54, 1.807) is 31.2 Å². The molecule has 7 nitrogen and oxygen atoms in total. The zero-order valence-electron chi connectivity index (χ0n) is 17.7. The summed E-state index contributed by atoms with van der Waals surface area (Å²) in [6.07, 6.45) is 5.55. The lowest BCUT2D eigenvalue weighted by Gasteiger charge is -2.11. The molecule has 1 aliphatic carbocycles. The SMILES string of the molecule is Cc1ccc(-c2sc(NC(=O)C3CCCC3)nc2C)cc1S(=O)(=O)Nc1ccc(Br)cn1. The van der Waals surface area contributed by atoms with Crippen LogP contribution in [0.3, 0.4) is 0 Å². The number of anilines is 2. The molecule has 2 heterocycles. The number of hydrogen-bond acceptors (Lipinski definition) is 6. The van der Waals surface area contributed by atoms with Gasteiger partial charge in [0.05, 0.1) is 15.5 Å². The Balaban J connectivity index is 1.60. The molecule has 168 valence electrons. The van der Waals surface area contributed by atoms with Crippen molar-refractivity contribution in [2.45, 2.75) is 44.4 Å². The molecule has 2 aromatic heterocycles. The molecule has 0 unspecified atom stereocenters. The average molecular weight is 535 g/mol. The van der Waals surface area contributed by atoms with Gasteiger partial charge in [-0.25, -0.2) is 18.4 Å². The molecule has 0 saturated heterocycles. The van der Waals surface area contributed by atoms with Crippen molar-refractivity contribution in [1.82, 2.24) is 9.97 Å². The summed E-state index contributed by atoms with van der Waals surface area (Å²) in [5.41, 5.74) is 2.10. The van der Waals surface area contributed by atoms with Crippen LogP contribution in [-0.4, -0.2) is 24.3 Å². The van der Waals surface area contributed by atoms with Crippen LogP contribution in [0.15, 0.2) is 45.9 Å². The van der Waals surface area contributed by atoms with Crippen LogP contribution in [0.1, 0.15) is 36.9 Å². The van der Waals surface area contributed by atoms with Gasteiger partial charge in [-0.2, -0.15) is 0 Å². The topological polar surface area (TPSA) is 101 Å². The van der Waals surface area contributed by atoms with Crippen molar-refractivity contribution in [2.24, 2.45) is 5.92 Å². The summed E-state index contributed by atoms with van der Waals surface area (Å²) >= 11 is 4.64. The molecular formula is C22H23BrN4O3S2. The third-order valence-electron chi connectivity index (χ3n) is 5.46. The number of carbonyl (C=O) groups is 1. The zero-order valence-corrected chi connectivity index (χ0v) is 20.9. The van der Waals surface area contributed by atoms with Crippen LogP contribution in [0.2, 0.25) is 0 Å². The van der Waals surface area contributed by atoms with Gasteiger partial charge in [0.15, 0.2) is 5.13 Å². The predicted molar refractivity (Wildman–Crippen MR) is 130 cm³/mol. The fourth-order valence-electron chi connectivity index (χ4n) is 3.77. The molecule has 10 heteroatoms. The monoisotopic (exact) mass is 534 g/mol. The largest absolute Gasteiger partial charge is 0.302 e. The van der Waals surface area contributed by atoms with Gasteiger partial charge >= 0.3 is 0 Å². The van der Waals surface area contributed by atoms with Gasteiger partial charge in [0.2, 0.25) is 5.91 Å². The zero-order chi connectivity index (χ0) is 22.9. The number of nitrogens with one attached hydrogen (secondary N) is 2. The van der Waals surface area contributed by atoms with E-state index in [1.807, 2.05) is 13.0 Å². The number of benzene rings is 1. The van der Waals surface area contributed by atoms with Crippen LogP contribution in [0, 0.1) is 19.8 Å². The van der Waals surface area contributed by atoms with E-state index in [9.17, 15) is 13.2 Å². The molecule has 0 aliphatic heterocycles. The number of thiazole rings is 1. The minimum atomic E-state index is -3.84. The van der Waals surface area contributed by atoms with Gasteiger partial charge in [0, 0.05) is 16.6 Å². The molecule has 1 saturated carbocycles.